The van der Waals surface area contributed by atoms with E-state index in [4.69, 9.17) is 9.47 Å². The van der Waals surface area contributed by atoms with Crippen molar-refractivity contribution in [2.75, 3.05) is 13.2 Å². The highest BCUT2D eigenvalue weighted by Crippen LogP contribution is 2.24. The van der Waals surface area contributed by atoms with Gasteiger partial charge in [0.25, 0.3) is 0 Å². The Morgan fingerprint density at radius 1 is 0.402 bits per heavy atom. The van der Waals surface area contributed by atoms with E-state index in [1.54, 1.807) is 6.08 Å². The normalized spacial score (nSPS) is 18.3. The first-order valence-electron chi connectivity index (χ1n) is 36.9. The van der Waals surface area contributed by atoms with Crippen molar-refractivity contribution >= 4 is 5.91 Å². The summed E-state index contributed by atoms with van der Waals surface area (Å²) in [4.78, 5) is 13.1. The Morgan fingerprint density at radius 2 is 0.671 bits per heavy atom. The predicted molar refractivity (Wildman–Crippen MR) is 351 cm³/mol. The molecule has 488 valence electrons. The van der Waals surface area contributed by atoms with E-state index in [0.29, 0.717) is 6.42 Å². The lowest BCUT2D eigenvalue weighted by molar-refractivity contribution is -0.302. The summed E-state index contributed by atoms with van der Waals surface area (Å²) in [5.41, 5.74) is 0. The Bertz CT molecular complexity index is 1300. The van der Waals surface area contributed by atoms with Gasteiger partial charge < -0.3 is 40.3 Å². The molecule has 9 nitrogen and oxygen atoms in total. The number of unbranched alkanes of at least 4 members (excludes halogenated alkanes) is 56. The number of hydrogen-bond donors (Lipinski definition) is 6. The van der Waals surface area contributed by atoms with Crippen LogP contribution in [0.2, 0.25) is 0 Å². The van der Waals surface area contributed by atoms with E-state index in [9.17, 15) is 30.3 Å². The summed E-state index contributed by atoms with van der Waals surface area (Å²) in [7, 11) is 0. The second kappa shape index (κ2) is 63.0. The average Bonchev–Trinajstić information content (AvgIpc) is 3.57. The number of aliphatic hydroxyl groups is 5. The quantitative estimate of drug-likeness (QED) is 0.0261. The van der Waals surface area contributed by atoms with Crippen molar-refractivity contribution in [3.8, 4) is 0 Å². The molecule has 0 saturated carbocycles. The van der Waals surface area contributed by atoms with Crippen molar-refractivity contribution in [1.29, 1.82) is 0 Å². The molecule has 1 fully saturated rings. The number of ether oxygens (including phenoxy) is 2. The SMILES string of the molecule is CCCCCCCCCCCCCCCCCCCC/C=C/C(O)C(COC1OC(CO)C(O)C(O)C1O)NC(=O)CCCCCCCCCCCCCCCCCCCCCCCCCCCCCCCCCCCCCCCCC. The van der Waals surface area contributed by atoms with Crippen LogP contribution in [-0.2, 0) is 14.3 Å². The van der Waals surface area contributed by atoms with Gasteiger partial charge in [-0.3, -0.25) is 4.79 Å². The lowest BCUT2D eigenvalue weighted by Crippen LogP contribution is -2.60. The summed E-state index contributed by atoms with van der Waals surface area (Å²) < 4.78 is 11.3. The molecule has 1 rings (SSSR count). The fourth-order valence-electron chi connectivity index (χ4n) is 12.3. The van der Waals surface area contributed by atoms with E-state index in [1.807, 2.05) is 6.08 Å². The zero-order valence-corrected chi connectivity index (χ0v) is 54.8. The molecule has 1 aliphatic rings. The van der Waals surface area contributed by atoms with Gasteiger partial charge in [-0.15, -0.1) is 0 Å². The fraction of sp³-hybridized carbons (Fsp3) is 0.959. The zero-order valence-electron chi connectivity index (χ0n) is 54.8. The van der Waals surface area contributed by atoms with Crippen molar-refractivity contribution in [2.24, 2.45) is 0 Å². The number of rotatable bonds is 66. The number of amides is 1. The maximum absolute atomic E-state index is 13.1. The first-order valence-corrected chi connectivity index (χ1v) is 36.9. The molecular weight excluding hydrogens is 1020 g/mol. The van der Waals surface area contributed by atoms with E-state index in [2.05, 4.69) is 19.2 Å². The monoisotopic (exact) mass is 1160 g/mol. The highest BCUT2D eigenvalue weighted by atomic mass is 16.7. The summed E-state index contributed by atoms with van der Waals surface area (Å²) in [5, 5.41) is 54.7. The first kappa shape index (κ1) is 78.9. The van der Waals surface area contributed by atoms with Crippen LogP contribution in [0.4, 0.5) is 0 Å². The average molecular weight is 1160 g/mol. The minimum absolute atomic E-state index is 0.167. The van der Waals surface area contributed by atoms with Crippen LogP contribution >= 0.6 is 0 Å². The Labute approximate surface area is 509 Å². The van der Waals surface area contributed by atoms with E-state index in [0.717, 1.165) is 38.5 Å². The van der Waals surface area contributed by atoms with Gasteiger partial charge in [-0.25, -0.2) is 0 Å². The van der Waals surface area contributed by atoms with Crippen molar-refractivity contribution in [1.82, 2.24) is 5.32 Å². The van der Waals surface area contributed by atoms with Crippen LogP contribution in [0.3, 0.4) is 0 Å². The molecule has 7 unspecified atom stereocenters. The molecule has 0 spiro atoms. The van der Waals surface area contributed by atoms with Gasteiger partial charge in [-0.2, -0.15) is 0 Å². The topological polar surface area (TPSA) is 149 Å². The molecule has 0 aromatic carbocycles. The largest absolute Gasteiger partial charge is 0.394 e. The lowest BCUT2D eigenvalue weighted by Gasteiger charge is -2.40. The Hall–Kier alpha value is -1.07. The van der Waals surface area contributed by atoms with Crippen LogP contribution in [0.1, 0.15) is 393 Å². The van der Waals surface area contributed by atoms with Crippen LogP contribution < -0.4 is 5.32 Å². The molecule has 82 heavy (non-hydrogen) atoms. The van der Waals surface area contributed by atoms with Gasteiger partial charge in [-0.1, -0.05) is 379 Å². The second-order valence-electron chi connectivity index (χ2n) is 26.1. The van der Waals surface area contributed by atoms with Gasteiger partial charge >= 0.3 is 0 Å². The fourth-order valence-corrected chi connectivity index (χ4v) is 12.3. The van der Waals surface area contributed by atoms with E-state index < -0.39 is 49.5 Å². The van der Waals surface area contributed by atoms with Gasteiger partial charge in [-0.05, 0) is 19.3 Å². The lowest BCUT2D eigenvalue weighted by atomic mass is 9.99. The van der Waals surface area contributed by atoms with Gasteiger partial charge in [0.05, 0.1) is 25.4 Å². The van der Waals surface area contributed by atoms with Gasteiger partial charge in [0.2, 0.25) is 5.91 Å². The van der Waals surface area contributed by atoms with Crippen LogP contribution in [0.25, 0.3) is 0 Å². The Morgan fingerprint density at radius 3 is 0.951 bits per heavy atom. The molecule has 0 aliphatic carbocycles. The molecule has 0 aromatic heterocycles. The minimum Gasteiger partial charge on any atom is -0.394 e. The first-order chi connectivity index (χ1) is 40.3. The highest BCUT2D eigenvalue weighted by Gasteiger charge is 2.44. The number of carbonyl (C=O) groups is 1. The van der Waals surface area contributed by atoms with Gasteiger partial charge in [0.15, 0.2) is 6.29 Å². The Balaban J connectivity index is 2.03. The number of hydrogen-bond acceptors (Lipinski definition) is 8. The number of carbonyl (C=O) groups excluding carboxylic acids is 1. The highest BCUT2D eigenvalue weighted by molar-refractivity contribution is 5.76. The molecule has 0 bridgehead atoms. The van der Waals surface area contributed by atoms with Crippen LogP contribution in [0, 0.1) is 0 Å². The second-order valence-corrected chi connectivity index (χ2v) is 26.1. The minimum atomic E-state index is -1.56. The molecule has 7 atom stereocenters. The van der Waals surface area contributed by atoms with Gasteiger partial charge in [0.1, 0.15) is 24.4 Å². The standard InChI is InChI=1S/C73H143NO8/c1-3-5-7-9-11-13-15-17-19-21-23-25-26-27-28-29-30-31-32-33-34-35-36-37-38-39-40-41-42-43-45-47-49-51-53-55-57-59-61-63-69(77)74-66(65-81-73-72(80)71(79)70(78)68(64-75)82-73)67(76)62-60-58-56-54-52-50-48-46-44-24-22-20-18-16-14-12-10-8-6-4-2/h60,62,66-68,70-73,75-76,78-80H,3-59,61,63-65H2,1-2H3,(H,74,77)/b62-60+. The summed E-state index contributed by atoms with van der Waals surface area (Å²) >= 11 is 0. The van der Waals surface area contributed by atoms with Crippen LogP contribution in [-0.4, -0.2) is 87.5 Å². The molecule has 9 heteroatoms. The van der Waals surface area contributed by atoms with Crippen molar-refractivity contribution < 1.29 is 39.8 Å². The third-order valence-electron chi connectivity index (χ3n) is 18.1. The zero-order chi connectivity index (χ0) is 59.3. The Kier molecular flexibility index (Phi) is 60.6. The molecule has 1 saturated heterocycles. The summed E-state index contributed by atoms with van der Waals surface area (Å²) in [6.07, 6.45) is 74.9. The summed E-state index contributed by atoms with van der Waals surface area (Å²) in [6, 6.07) is -0.802. The third-order valence-corrected chi connectivity index (χ3v) is 18.1. The van der Waals surface area contributed by atoms with Crippen molar-refractivity contribution in [3.63, 3.8) is 0 Å². The van der Waals surface area contributed by atoms with Crippen LogP contribution in [0.5, 0.6) is 0 Å². The maximum atomic E-state index is 13.1. The number of allylic oxidation sites excluding steroid dienone is 1. The smallest absolute Gasteiger partial charge is 0.220 e. The molecule has 1 heterocycles. The molecule has 1 aliphatic heterocycles. The van der Waals surface area contributed by atoms with E-state index in [-0.39, 0.29) is 12.5 Å². The maximum Gasteiger partial charge on any atom is 0.220 e. The van der Waals surface area contributed by atoms with Gasteiger partial charge in [0, 0.05) is 6.42 Å². The molecular formula is C73H143NO8. The van der Waals surface area contributed by atoms with E-state index in [1.165, 1.54) is 334 Å². The van der Waals surface area contributed by atoms with Crippen LogP contribution in [0.15, 0.2) is 12.2 Å². The predicted octanol–water partition coefficient (Wildman–Crippen LogP) is 20.3. The van der Waals surface area contributed by atoms with Crippen molar-refractivity contribution in [3.05, 3.63) is 12.2 Å². The summed E-state index contributed by atoms with van der Waals surface area (Å²) in [6.45, 7) is 3.84. The van der Waals surface area contributed by atoms with Crippen molar-refractivity contribution in [2.45, 2.75) is 436 Å². The molecule has 0 aromatic rings. The molecule has 6 N–H and O–H groups in total. The van der Waals surface area contributed by atoms with E-state index >= 15 is 0 Å². The summed E-state index contributed by atoms with van der Waals surface area (Å²) in [5.74, 6) is -0.167. The number of aliphatic hydroxyl groups excluding tert-OH is 5. The number of nitrogens with one attached hydrogen (secondary N) is 1. The molecule has 0 radical (unpaired) electrons. The third kappa shape index (κ3) is 51.0. The molecule has 1 amide bonds.